The van der Waals surface area contributed by atoms with Gasteiger partial charge in [-0.05, 0) is 37.1 Å². The topological polar surface area (TPSA) is 35.5 Å². The van der Waals surface area contributed by atoms with Gasteiger partial charge in [0.15, 0.2) is 0 Å². The Morgan fingerprint density at radius 2 is 1.37 bits per heavy atom. The Labute approximate surface area is 112 Å². The number of carbonyl (C=O) groups excluding carboxylic acids is 1. The van der Waals surface area contributed by atoms with E-state index in [0.29, 0.717) is 11.7 Å². The number of hydrogen-bond donors (Lipinski definition) is 0. The highest BCUT2D eigenvalue weighted by molar-refractivity contribution is 5.89. The Morgan fingerprint density at radius 1 is 0.789 bits per heavy atom. The molecule has 0 aliphatic heterocycles. The molecule has 0 aliphatic rings. The Hall–Kier alpha value is -2.13. The van der Waals surface area contributed by atoms with E-state index in [1.165, 1.54) is 0 Å². The van der Waals surface area contributed by atoms with Crippen molar-refractivity contribution in [1.29, 1.82) is 0 Å². The highest BCUT2D eigenvalue weighted by atomic mass is 17.2. The van der Waals surface area contributed by atoms with Crippen LogP contribution in [0.3, 0.4) is 0 Å². The lowest BCUT2D eigenvalue weighted by Crippen LogP contribution is -2.06. The van der Waals surface area contributed by atoms with E-state index in [-0.39, 0.29) is 0 Å². The maximum absolute atomic E-state index is 11.6. The van der Waals surface area contributed by atoms with Crippen molar-refractivity contribution >= 4 is 5.97 Å². The van der Waals surface area contributed by atoms with E-state index < -0.39 is 5.97 Å². The first kappa shape index (κ1) is 13.3. The van der Waals surface area contributed by atoms with E-state index in [1.54, 1.807) is 26.0 Å². The second kappa shape index (κ2) is 6.16. The molecular formula is C16H15O3. The quantitative estimate of drug-likeness (QED) is 0.611. The minimum absolute atomic E-state index is 0.459. The Balaban J connectivity index is 2.08. The normalized spacial score (nSPS) is 10.5. The number of rotatable bonds is 4. The van der Waals surface area contributed by atoms with Crippen molar-refractivity contribution in [3.05, 3.63) is 66.3 Å². The van der Waals surface area contributed by atoms with Crippen LogP contribution in [-0.2, 0) is 9.78 Å². The van der Waals surface area contributed by atoms with Gasteiger partial charge in [0.2, 0.25) is 0 Å². The molecule has 3 nitrogen and oxygen atoms in total. The summed E-state index contributed by atoms with van der Waals surface area (Å²) in [6, 6.07) is 17.2. The average Bonchev–Trinajstić information content (AvgIpc) is 2.46. The lowest BCUT2D eigenvalue weighted by molar-refractivity contribution is -0.229. The van der Waals surface area contributed by atoms with Gasteiger partial charge in [-0.1, -0.05) is 42.5 Å². The minimum atomic E-state index is -0.499. The minimum Gasteiger partial charge on any atom is -0.292 e. The predicted octanol–water partition coefficient (Wildman–Crippen LogP) is 4.01. The van der Waals surface area contributed by atoms with Crippen LogP contribution < -0.4 is 0 Å². The molecule has 1 radical (unpaired) electrons. The van der Waals surface area contributed by atoms with E-state index in [0.717, 1.165) is 11.1 Å². The van der Waals surface area contributed by atoms with E-state index in [2.05, 4.69) is 4.89 Å². The fourth-order valence-electron chi connectivity index (χ4n) is 1.60. The molecule has 0 heterocycles. The van der Waals surface area contributed by atoms with Crippen molar-refractivity contribution in [1.82, 2.24) is 0 Å². The molecule has 0 unspecified atom stereocenters. The van der Waals surface area contributed by atoms with Crippen molar-refractivity contribution in [3.8, 4) is 11.1 Å². The lowest BCUT2D eigenvalue weighted by atomic mass is 10.0. The van der Waals surface area contributed by atoms with E-state index >= 15 is 0 Å². The molecule has 97 valence electrons. The fourth-order valence-corrected chi connectivity index (χ4v) is 1.60. The van der Waals surface area contributed by atoms with Crippen LogP contribution >= 0.6 is 0 Å². The Bertz CT molecular complexity index is 530. The zero-order valence-electron chi connectivity index (χ0n) is 10.9. The maximum atomic E-state index is 11.6. The number of benzene rings is 2. The summed E-state index contributed by atoms with van der Waals surface area (Å²) in [5, 5.41) is 0. The van der Waals surface area contributed by atoms with Crippen LogP contribution in [0.2, 0.25) is 0 Å². The smallest absolute Gasteiger partial charge is 0.292 e. The van der Waals surface area contributed by atoms with Crippen LogP contribution in [-0.4, -0.2) is 5.97 Å². The second-order valence-electron chi connectivity index (χ2n) is 4.31. The molecule has 0 spiro atoms. The Morgan fingerprint density at radius 3 is 1.95 bits per heavy atom. The molecule has 0 saturated heterocycles. The zero-order valence-corrected chi connectivity index (χ0v) is 10.9. The van der Waals surface area contributed by atoms with Crippen molar-refractivity contribution in [2.24, 2.45) is 0 Å². The van der Waals surface area contributed by atoms with Crippen LogP contribution in [0, 0.1) is 6.10 Å². The summed E-state index contributed by atoms with van der Waals surface area (Å²) in [4.78, 5) is 21.0. The van der Waals surface area contributed by atoms with Gasteiger partial charge in [0.05, 0.1) is 5.56 Å². The summed E-state index contributed by atoms with van der Waals surface area (Å²) in [5.41, 5.74) is 2.62. The van der Waals surface area contributed by atoms with Crippen LogP contribution in [0.4, 0.5) is 0 Å². The molecule has 0 bridgehead atoms. The number of hydrogen-bond acceptors (Lipinski definition) is 3. The summed E-state index contributed by atoms with van der Waals surface area (Å²) in [7, 11) is 0. The molecule has 0 aliphatic carbocycles. The SMILES string of the molecule is C[C](C)OOC(=O)c1ccc(-c2ccccc2)cc1. The van der Waals surface area contributed by atoms with Gasteiger partial charge in [0, 0.05) is 0 Å². The molecule has 2 rings (SSSR count). The van der Waals surface area contributed by atoms with Crippen LogP contribution in [0.15, 0.2) is 54.6 Å². The molecule has 0 atom stereocenters. The molecule has 19 heavy (non-hydrogen) atoms. The third kappa shape index (κ3) is 3.66. The average molecular weight is 255 g/mol. The highest BCUT2D eigenvalue weighted by Crippen LogP contribution is 2.19. The summed E-state index contributed by atoms with van der Waals surface area (Å²) in [6.07, 6.45) is 0.578. The summed E-state index contributed by atoms with van der Waals surface area (Å²) in [6.45, 7) is 3.43. The monoisotopic (exact) mass is 255 g/mol. The van der Waals surface area contributed by atoms with Gasteiger partial charge in [-0.25, -0.2) is 4.79 Å². The van der Waals surface area contributed by atoms with Crippen molar-refractivity contribution < 1.29 is 14.6 Å². The lowest BCUT2D eigenvalue weighted by Gasteiger charge is -2.06. The predicted molar refractivity (Wildman–Crippen MR) is 73.0 cm³/mol. The van der Waals surface area contributed by atoms with E-state index in [9.17, 15) is 4.79 Å². The first-order valence-electron chi connectivity index (χ1n) is 6.01. The largest absolute Gasteiger partial charge is 0.373 e. The van der Waals surface area contributed by atoms with Crippen LogP contribution in [0.25, 0.3) is 11.1 Å². The first-order chi connectivity index (χ1) is 9.16. The Kier molecular flexibility index (Phi) is 4.31. The summed E-state index contributed by atoms with van der Waals surface area (Å²) in [5.74, 6) is -0.499. The molecule has 0 aromatic heterocycles. The van der Waals surface area contributed by atoms with Gasteiger partial charge in [-0.3, -0.25) is 4.89 Å². The molecule has 2 aromatic rings. The molecule has 0 amide bonds. The third-order valence-corrected chi connectivity index (χ3v) is 2.51. The zero-order chi connectivity index (χ0) is 13.7. The van der Waals surface area contributed by atoms with Gasteiger partial charge in [0.25, 0.3) is 0 Å². The maximum Gasteiger partial charge on any atom is 0.373 e. The second-order valence-corrected chi connectivity index (χ2v) is 4.31. The molecule has 0 saturated carbocycles. The van der Waals surface area contributed by atoms with E-state index in [1.807, 2.05) is 42.5 Å². The molecule has 0 fully saturated rings. The standard InChI is InChI=1S/C16H15O3/c1-12(2)18-19-16(17)15-10-8-14(9-11-15)13-6-4-3-5-7-13/h3-11H,1-2H3. The van der Waals surface area contributed by atoms with Gasteiger partial charge >= 0.3 is 5.97 Å². The summed E-state index contributed by atoms with van der Waals surface area (Å²) >= 11 is 0. The van der Waals surface area contributed by atoms with Crippen LogP contribution in [0.1, 0.15) is 24.2 Å². The van der Waals surface area contributed by atoms with Crippen LogP contribution in [0.5, 0.6) is 0 Å². The van der Waals surface area contributed by atoms with Crippen molar-refractivity contribution in [2.75, 3.05) is 0 Å². The van der Waals surface area contributed by atoms with Crippen molar-refractivity contribution in [2.45, 2.75) is 13.8 Å². The first-order valence-corrected chi connectivity index (χ1v) is 6.01. The highest BCUT2D eigenvalue weighted by Gasteiger charge is 2.09. The number of carbonyl (C=O) groups is 1. The summed E-state index contributed by atoms with van der Waals surface area (Å²) < 4.78 is 0. The third-order valence-electron chi connectivity index (χ3n) is 2.51. The van der Waals surface area contributed by atoms with Gasteiger partial charge in [-0.15, -0.1) is 0 Å². The molecule has 3 heteroatoms. The van der Waals surface area contributed by atoms with Gasteiger partial charge < -0.3 is 0 Å². The molecule has 0 N–H and O–H groups in total. The van der Waals surface area contributed by atoms with Gasteiger partial charge in [-0.2, -0.15) is 4.89 Å². The van der Waals surface area contributed by atoms with Crippen molar-refractivity contribution in [3.63, 3.8) is 0 Å². The molecular weight excluding hydrogens is 240 g/mol. The molecule has 2 aromatic carbocycles. The van der Waals surface area contributed by atoms with Gasteiger partial charge in [0.1, 0.15) is 6.10 Å². The fraction of sp³-hybridized carbons (Fsp3) is 0.125. The van der Waals surface area contributed by atoms with E-state index in [4.69, 9.17) is 4.89 Å².